The zero-order valence-corrected chi connectivity index (χ0v) is 12.4. The predicted molar refractivity (Wildman–Crippen MR) is 82.0 cm³/mol. The monoisotopic (exact) mass is 293 g/mol. The molecule has 5 heteroatoms. The summed E-state index contributed by atoms with van der Waals surface area (Å²) in [6.07, 6.45) is 1.76. The number of pyridine rings is 1. The van der Waals surface area contributed by atoms with Gasteiger partial charge in [0.2, 0.25) is 0 Å². The standard InChI is InChI=1S/C15H17ClFN3/c1-10(11-4-6-13(16)14(17)8-11)19-12-5-7-15(18-9-12)20(2)3/h4-10,19H,1-3H3. The highest BCUT2D eigenvalue weighted by Gasteiger charge is 2.09. The highest BCUT2D eigenvalue weighted by atomic mass is 35.5. The van der Waals surface area contributed by atoms with Crippen molar-refractivity contribution in [2.24, 2.45) is 0 Å². The number of aromatic nitrogens is 1. The van der Waals surface area contributed by atoms with Crippen molar-refractivity contribution in [3.63, 3.8) is 0 Å². The Balaban J connectivity index is 2.10. The molecule has 3 nitrogen and oxygen atoms in total. The van der Waals surface area contributed by atoms with E-state index in [-0.39, 0.29) is 11.1 Å². The van der Waals surface area contributed by atoms with Crippen LogP contribution >= 0.6 is 11.6 Å². The molecule has 106 valence electrons. The maximum absolute atomic E-state index is 13.4. The predicted octanol–water partition coefficient (Wildman–Crippen LogP) is 4.11. The van der Waals surface area contributed by atoms with Crippen molar-refractivity contribution in [3.05, 3.63) is 52.9 Å². The van der Waals surface area contributed by atoms with Crippen molar-refractivity contribution < 1.29 is 4.39 Å². The van der Waals surface area contributed by atoms with Crippen molar-refractivity contribution in [2.75, 3.05) is 24.3 Å². The van der Waals surface area contributed by atoms with Crippen LogP contribution in [-0.2, 0) is 0 Å². The fourth-order valence-corrected chi connectivity index (χ4v) is 1.97. The molecule has 1 aromatic heterocycles. The minimum absolute atomic E-state index is 0.0335. The van der Waals surface area contributed by atoms with Gasteiger partial charge in [0.15, 0.2) is 0 Å². The van der Waals surface area contributed by atoms with E-state index in [0.717, 1.165) is 17.1 Å². The first-order chi connectivity index (χ1) is 9.47. The second-order valence-electron chi connectivity index (χ2n) is 4.84. The van der Waals surface area contributed by atoms with E-state index in [1.807, 2.05) is 44.1 Å². The smallest absolute Gasteiger partial charge is 0.142 e. The summed E-state index contributed by atoms with van der Waals surface area (Å²) < 4.78 is 13.4. The van der Waals surface area contributed by atoms with E-state index in [1.165, 1.54) is 6.07 Å². The average molecular weight is 294 g/mol. The molecule has 0 fully saturated rings. The molecule has 0 aliphatic heterocycles. The summed E-state index contributed by atoms with van der Waals surface area (Å²) in [5.74, 6) is 0.486. The van der Waals surface area contributed by atoms with Crippen LogP contribution in [0, 0.1) is 5.82 Å². The first-order valence-electron chi connectivity index (χ1n) is 6.32. The van der Waals surface area contributed by atoms with Gasteiger partial charge in [-0.25, -0.2) is 9.37 Å². The molecule has 0 aliphatic rings. The lowest BCUT2D eigenvalue weighted by Gasteiger charge is -2.17. The molecule has 1 aromatic carbocycles. The molecule has 0 saturated carbocycles. The first kappa shape index (κ1) is 14.6. The topological polar surface area (TPSA) is 28.2 Å². The second-order valence-corrected chi connectivity index (χ2v) is 5.25. The Morgan fingerprint density at radius 2 is 2.00 bits per heavy atom. The van der Waals surface area contributed by atoms with Gasteiger partial charge in [0.05, 0.1) is 16.9 Å². The third kappa shape index (κ3) is 3.39. The molecular formula is C15H17ClFN3. The Bertz CT molecular complexity index is 584. The fourth-order valence-electron chi connectivity index (χ4n) is 1.85. The minimum Gasteiger partial charge on any atom is -0.377 e. The summed E-state index contributed by atoms with van der Waals surface area (Å²) in [7, 11) is 3.88. The fraction of sp³-hybridized carbons (Fsp3) is 0.267. The van der Waals surface area contributed by atoms with Crippen LogP contribution in [-0.4, -0.2) is 19.1 Å². The van der Waals surface area contributed by atoms with E-state index >= 15 is 0 Å². The third-order valence-corrected chi connectivity index (χ3v) is 3.34. The van der Waals surface area contributed by atoms with Crippen molar-refractivity contribution in [1.29, 1.82) is 0 Å². The molecule has 2 rings (SSSR count). The van der Waals surface area contributed by atoms with Crippen LogP contribution in [0.5, 0.6) is 0 Å². The Morgan fingerprint density at radius 3 is 2.55 bits per heavy atom. The lowest BCUT2D eigenvalue weighted by Crippen LogP contribution is -2.11. The zero-order chi connectivity index (χ0) is 14.7. The number of rotatable bonds is 4. The summed E-state index contributed by atoms with van der Waals surface area (Å²) in [6, 6.07) is 8.67. The van der Waals surface area contributed by atoms with E-state index in [2.05, 4.69) is 10.3 Å². The van der Waals surface area contributed by atoms with Gasteiger partial charge in [-0.2, -0.15) is 0 Å². The molecule has 0 amide bonds. The molecule has 1 atom stereocenters. The van der Waals surface area contributed by atoms with Gasteiger partial charge in [-0.15, -0.1) is 0 Å². The lowest BCUT2D eigenvalue weighted by molar-refractivity contribution is 0.624. The first-order valence-corrected chi connectivity index (χ1v) is 6.70. The van der Waals surface area contributed by atoms with Crippen LogP contribution in [0.4, 0.5) is 15.9 Å². The molecule has 2 aromatic rings. The molecule has 0 spiro atoms. The van der Waals surface area contributed by atoms with Gasteiger partial charge in [-0.1, -0.05) is 17.7 Å². The third-order valence-electron chi connectivity index (χ3n) is 3.03. The maximum Gasteiger partial charge on any atom is 0.142 e. The van der Waals surface area contributed by atoms with Crippen molar-refractivity contribution in [2.45, 2.75) is 13.0 Å². The number of hydrogen-bond donors (Lipinski definition) is 1. The van der Waals surface area contributed by atoms with Crippen molar-refractivity contribution in [3.8, 4) is 0 Å². The van der Waals surface area contributed by atoms with Gasteiger partial charge in [0, 0.05) is 20.1 Å². The van der Waals surface area contributed by atoms with Gasteiger partial charge in [-0.3, -0.25) is 0 Å². The number of anilines is 2. The highest BCUT2D eigenvalue weighted by Crippen LogP contribution is 2.23. The summed E-state index contributed by atoms with van der Waals surface area (Å²) in [5, 5.41) is 3.42. The number of nitrogens with one attached hydrogen (secondary N) is 1. The van der Waals surface area contributed by atoms with Crippen LogP contribution in [0.3, 0.4) is 0 Å². The van der Waals surface area contributed by atoms with Crippen LogP contribution in [0.15, 0.2) is 36.5 Å². The molecule has 1 heterocycles. The highest BCUT2D eigenvalue weighted by molar-refractivity contribution is 6.30. The summed E-state index contributed by atoms with van der Waals surface area (Å²) in [5.41, 5.74) is 1.72. The van der Waals surface area contributed by atoms with E-state index in [0.29, 0.717) is 0 Å². The van der Waals surface area contributed by atoms with E-state index in [9.17, 15) is 4.39 Å². The molecule has 1 N–H and O–H groups in total. The van der Waals surface area contributed by atoms with Gasteiger partial charge in [0.1, 0.15) is 11.6 Å². The minimum atomic E-state index is -0.404. The molecule has 0 aliphatic carbocycles. The van der Waals surface area contributed by atoms with Crippen LogP contribution in [0.25, 0.3) is 0 Å². The Hall–Kier alpha value is -1.81. The number of halogens is 2. The SMILES string of the molecule is CC(Nc1ccc(N(C)C)nc1)c1ccc(Cl)c(F)c1. The molecule has 1 unspecified atom stereocenters. The molecule has 0 bridgehead atoms. The lowest BCUT2D eigenvalue weighted by atomic mass is 10.1. The Kier molecular flexibility index (Phi) is 4.45. The van der Waals surface area contributed by atoms with Crippen molar-refractivity contribution in [1.82, 2.24) is 4.98 Å². The average Bonchev–Trinajstić information content (AvgIpc) is 2.42. The maximum atomic E-state index is 13.4. The van der Waals surface area contributed by atoms with E-state index in [1.54, 1.807) is 12.3 Å². The van der Waals surface area contributed by atoms with Gasteiger partial charge in [0.25, 0.3) is 0 Å². The van der Waals surface area contributed by atoms with Gasteiger partial charge < -0.3 is 10.2 Å². The second kappa shape index (κ2) is 6.09. The number of benzene rings is 1. The van der Waals surface area contributed by atoms with Crippen LogP contribution < -0.4 is 10.2 Å². The molecule has 0 saturated heterocycles. The van der Waals surface area contributed by atoms with Gasteiger partial charge in [-0.05, 0) is 36.8 Å². The summed E-state index contributed by atoms with van der Waals surface area (Å²) >= 11 is 5.68. The van der Waals surface area contributed by atoms with Gasteiger partial charge >= 0.3 is 0 Å². The number of hydrogen-bond acceptors (Lipinski definition) is 3. The van der Waals surface area contributed by atoms with Crippen LogP contribution in [0.2, 0.25) is 5.02 Å². The zero-order valence-electron chi connectivity index (χ0n) is 11.7. The van der Waals surface area contributed by atoms with Crippen LogP contribution in [0.1, 0.15) is 18.5 Å². The summed E-state index contributed by atoms with van der Waals surface area (Å²) in [6.45, 7) is 1.96. The molecule has 0 radical (unpaired) electrons. The molecule has 20 heavy (non-hydrogen) atoms. The van der Waals surface area contributed by atoms with E-state index < -0.39 is 5.82 Å². The van der Waals surface area contributed by atoms with E-state index in [4.69, 9.17) is 11.6 Å². The molecular weight excluding hydrogens is 277 g/mol. The summed E-state index contributed by atoms with van der Waals surface area (Å²) in [4.78, 5) is 6.26. The Morgan fingerprint density at radius 1 is 1.25 bits per heavy atom. The Labute approximate surface area is 123 Å². The quantitative estimate of drug-likeness (QED) is 0.919. The number of nitrogens with zero attached hydrogens (tertiary/aromatic N) is 2. The van der Waals surface area contributed by atoms with Crippen molar-refractivity contribution >= 4 is 23.1 Å². The normalized spacial score (nSPS) is 12.1. The largest absolute Gasteiger partial charge is 0.377 e.